The summed E-state index contributed by atoms with van der Waals surface area (Å²) >= 11 is 0. The van der Waals surface area contributed by atoms with Crippen molar-refractivity contribution in [3.8, 4) is 0 Å². The number of hydrogen-bond donors (Lipinski definition) is 0. The molecular weight excluding hydrogens is 199 g/mol. The predicted octanol–water partition coefficient (Wildman–Crippen LogP) is 3.53. The average molecular weight is 216 g/mol. The highest BCUT2D eigenvalue weighted by Crippen LogP contribution is 2.06. The molecule has 0 nitrogen and oxygen atoms in total. The van der Waals surface area contributed by atoms with Crippen molar-refractivity contribution in [3.63, 3.8) is 0 Å². The first kappa shape index (κ1) is 11.9. The van der Waals surface area contributed by atoms with E-state index in [1.165, 1.54) is 11.1 Å². The molecule has 0 heterocycles. The van der Waals surface area contributed by atoms with E-state index < -0.39 is 0 Å². The first-order valence-electron chi connectivity index (χ1n) is 5.03. The van der Waals surface area contributed by atoms with E-state index in [0.29, 0.717) is 0 Å². The molecule has 0 bridgehead atoms. The van der Waals surface area contributed by atoms with Gasteiger partial charge in [0.2, 0.25) is 0 Å². The molecule has 2 aromatic rings. The van der Waals surface area contributed by atoms with Crippen molar-refractivity contribution in [2.75, 3.05) is 0 Å². The Kier molecular flexibility index (Phi) is 5.07. The van der Waals surface area contributed by atoms with Crippen LogP contribution in [0.1, 0.15) is 11.1 Å². The number of benzene rings is 2. The summed E-state index contributed by atoms with van der Waals surface area (Å²) in [5.41, 5.74) is 2.83. The molecule has 0 saturated carbocycles. The van der Waals surface area contributed by atoms with Gasteiger partial charge in [0.15, 0.2) is 0 Å². The molecule has 0 aliphatic carbocycles. The van der Waals surface area contributed by atoms with E-state index in [4.69, 9.17) is 0 Å². The molecule has 0 saturated heterocycles. The van der Waals surface area contributed by atoms with Crippen LogP contribution in [0.3, 0.4) is 0 Å². The molecule has 1 heteroatoms. The molecule has 0 radical (unpaired) electrons. The van der Waals surface area contributed by atoms with Gasteiger partial charge in [-0.1, -0.05) is 60.7 Å². The van der Waals surface area contributed by atoms with E-state index in [1.807, 2.05) is 0 Å². The van der Waals surface area contributed by atoms with E-state index in [0.717, 1.165) is 12.8 Å². The molecule has 2 rings (SSSR count). The van der Waals surface area contributed by atoms with Crippen molar-refractivity contribution in [1.29, 1.82) is 0 Å². The molecule has 2 aromatic carbocycles. The van der Waals surface area contributed by atoms with E-state index in [-0.39, 0.29) is 9.90 Å². The summed E-state index contributed by atoms with van der Waals surface area (Å²) in [7, 11) is 0. The summed E-state index contributed by atoms with van der Waals surface area (Å²) in [4.78, 5) is 0. The van der Waals surface area contributed by atoms with Gasteiger partial charge in [0.05, 0.1) is 0 Å². The molecule has 0 aromatic heterocycles. The summed E-state index contributed by atoms with van der Waals surface area (Å²) in [5.74, 6) is 0. The highest BCUT2D eigenvalue weighted by Gasteiger charge is 1.93. The maximum absolute atomic E-state index is 2.18. The molecule has 78 valence electrons. The van der Waals surface area contributed by atoms with Gasteiger partial charge in [0.1, 0.15) is 0 Å². The molecule has 0 N–H and O–H groups in total. The molecule has 1 unspecified atom stereocenters. The molecule has 15 heavy (non-hydrogen) atoms. The lowest BCUT2D eigenvalue weighted by molar-refractivity contribution is 0.960. The molecule has 0 aliphatic heterocycles. The Morgan fingerprint density at radius 3 is 1.20 bits per heavy atom. The average Bonchev–Trinajstić information content (AvgIpc) is 2.29. The quantitative estimate of drug-likeness (QED) is 0.688. The van der Waals surface area contributed by atoms with Crippen LogP contribution in [0.4, 0.5) is 0 Å². The zero-order chi connectivity index (χ0) is 9.64. The van der Waals surface area contributed by atoms with Gasteiger partial charge in [-0.2, -0.15) is 9.90 Å². The molecule has 0 aliphatic rings. The zero-order valence-corrected chi connectivity index (χ0v) is 10.3. The van der Waals surface area contributed by atoms with Crippen LogP contribution in [-0.4, -0.2) is 0 Å². The summed E-state index contributed by atoms with van der Waals surface area (Å²) in [6.45, 7) is 0. The largest absolute Gasteiger partial charge is 0.153 e. The predicted molar refractivity (Wildman–Crippen MR) is 71.4 cm³/mol. The van der Waals surface area contributed by atoms with Gasteiger partial charge in [-0.3, -0.25) is 0 Å². The summed E-state index contributed by atoms with van der Waals surface area (Å²) in [5, 5.41) is 0. The molecule has 1 atom stereocenters. The van der Waals surface area contributed by atoms with E-state index in [2.05, 4.69) is 60.7 Å². The van der Waals surface area contributed by atoms with Gasteiger partial charge in [-0.15, -0.1) is 0 Å². The third kappa shape index (κ3) is 3.85. The SMILES string of the molecule is P.c1ccc(CCc2ccccc2)cc1. The number of rotatable bonds is 3. The minimum Gasteiger partial charge on any atom is -0.153 e. The maximum atomic E-state index is 2.18. The van der Waals surface area contributed by atoms with Gasteiger partial charge in [0, 0.05) is 0 Å². The van der Waals surface area contributed by atoms with Gasteiger partial charge in [-0.05, 0) is 24.0 Å². The minimum atomic E-state index is 0. The standard InChI is InChI=1S/C14H14.H3P/c1-3-7-13(8-4-1)11-12-14-9-5-2-6-10-14;/h1-10H,11-12H2;1H3. The van der Waals surface area contributed by atoms with Crippen LogP contribution in [0.2, 0.25) is 0 Å². The monoisotopic (exact) mass is 216 g/mol. The zero-order valence-electron chi connectivity index (χ0n) is 8.89. The third-order valence-electron chi connectivity index (χ3n) is 2.39. The maximum Gasteiger partial charge on any atom is -0.0238 e. The number of hydrogen-bond acceptors (Lipinski definition) is 0. The van der Waals surface area contributed by atoms with Crippen molar-refractivity contribution in [2.45, 2.75) is 12.8 Å². The van der Waals surface area contributed by atoms with Crippen molar-refractivity contribution in [1.82, 2.24) is 0 Å². The Labute approximate surface area is 95.0 Å². The van der Waals surface area contributed by atoms with Crippen LogP contribution in [0.25, 0.3) is 0 Å². The van der Waals surface area contributed by atoms with Crippen LogP contribution in [0.5, 0.6) is 0 Å². The Bertz CT molecular complexity index is 328. The van der Waals surface area contributed by atoms with Crippen LogP contribution in [-0.2, 0) is 12.8 Å². The second-order valence-corrected chi connectivity index (χ2v) is 3.47. The topological polar surface area (TPSA) is 0 Å². The second kappa shape index (κ2) is 6.37. The van der Waals surface area contributed by atoms with E-state index >= 15 is 0 Å². The Morgan fingerprint density at radius 2 is 0.867 bits per heavy atom. The van der Waals surface area contributed by atoms with Crippen LogP contribution < -0.4 is 0 Å². The lowest BCUT2D eigenvalue weighted by Crippen LogP contribution is -1.89. The van der Waals surface area contributed by atoms with E-state index in [9.17, 15) is 0 Å². The first-order chi connectivity index (χ1) is 6.95. The van der Waals surface area contributed by atoms with Gasteiger partial charge < -0.3 is 0 Å². The lowest BCUT2D eigenvalue weighted by Gasteiger charge is -2.01. The van der Waals surface area contributed by atoms with Gasteiger partial charge in [0.25, 0.3) is 0 Å². The highest BCUT2D eigenvalue weighted by atomic mass is 31.0. The van der Waals surface area contributed by atoms with Crippen molar-refractivity contribution in [2.24, 2.45) is 0 Å². The molecule has 0 spiro atoms. The summed E-state index contributed by atoms with van der Waals surface area (Å²) in [6, 6.07) is 21.2. The second-order valence-electron chi connectivity index (χ2n) is 3.47. The van der Waals surface area contributed by atoms with Crippen molar-refractivity contribution < 1.29 is 0 Å². The Hall–Kier alpha value is -1.13. The number of aryl methyl sites for hydroxylation is 2. The third-order valence-corrected chi connectivity index (χ3v) is 2.39. The Morgan fingerprint density at radius 1 is 0.533 bits per heavy atom. The van der Waals surface area contributed by atoms with Gasteiger partial charge >= 0.3 is 0 Å². The minimum absolute atomic E-state index is 0. The first-order valence-corrected chi connectivity index (χ1v) is 5.03. The summed E-state index contributed by atoms with van der Waals surface area (Å²) in [6.07, 6.45) is 2.26. The van der Waals surface area contributed by atoms with E-state index in [1.54, 1.807) is 0 Å². The molecule has 0 amide bonds. The fourth-order valence-corrected chi connectivity index (χ4v) is 1.58. The smallest absolute Gasteiger partial charge is 0.0238 e. The fraction of sp³-hybridized carbons (Fsp3) is 0.143. The normalized spacial score (nSPS) is 9.33. The fourth-order valence-electron chi connectivity index (χ4n) is 1.58. The Balaban J connectivity index is 0.00000112. The lowest BCUT2D eigenvalue weighted by atomic mass is 10.0. The summed E-state index contributed by atoms with van der Waals surface area (Å²) < 4.78 is 0. The van der Waals surface area contributed by atoms with Crippen molar-refractivity contribution in [3.05, 3.63) is 71.8 Å². The van der Waals surface area contributed by atoms with Crippen LogP contribution in [0, 0.1) is 0 Å². The van der Waals surface area contributed by atoms with Gasteiger partial charge in [-0.25, -0.2) is 0 Å². The molecular formula is C14H17P. The highest BCUT2D eigenvalue weighted by molar-refractivity contribution is 6.92. The van der Waals surface area contributed by atoms with Crippen LogP contribution >= 0.6 is 9.90 Å². The van der Waals surface area contributed by atoms with Crippen molar-refractivity contribution >= 4 is 9.90 Å². The van der Waals surface area contributed by atoms with Crippen LogP contribution in [0.15, 0.2) is 60.7 Å². The molecule has 0 fully saturated rings.